The fourth-order valence-corrected chi connectivity index (χ4v) is 7.01. The second-order valence-electron chi connectivity index (χ2n) is 15.2. The number of hydrogen-bond acceptors (Lipinski definition) is 2. The van der Waals surface area contributed by atoms with Crippen molar-refractivity contribution in [2.75, 3.05) is 9.80 Å². The molecule has 0 fully saturated rings. The minimum Gasteiger partial charge on any atom is -0.310 e. The molecule has 7 aromatic carbocycles. The molecule has 2 nitrogen and oxygen atoms in total. The van der Waals surface area contributed by atoms with Crippen LogP contribution in [0.2, 0.25) is 0 Å². The van der Waals surface area contributed by atoms with Crippen molar-refractivity contribution in [2.45, 2.75) is 55.4 Å². The maximum absolute atomic E-state index is 2.35. The Morgan fingerprint density at radius 1 is 0.268 bits per heavy atom. The zero-order chi connectivity index (χ0) is 39.3. The van der Waals surface area contributed by atoms with E-state index in [0.717, 1.165) is 45.3 Å². The van der Waals surface area contributed by atoms with Crippen molar-refractivity contribution in [1.29, 1.82) is 0 Å². The van der Waals surface area contributed by atoms with Crippen LogP contribution >= 0.6 is 0 Å². The van der Waals surface area contributed by atoms with Crippen LogP contribution in [0.3, 0.4) is 0 Å². The maximum Gasteiger partial charge on any atom is 0.0464 e. The van der Waals surface area contributed by atoms with Gasteiger partial charge in [-0.3, -0.25) is 0 Å². The first kappa shape index (κ1) is 37.9. The molecule has 0 atom stereocenters. The van der Waals surface area contributed by atoms with Gasteiger partial charge in [-0.2, -0.15) is 0 Å². The Bertz CT molecular complexity index is 2270. The van der Waals surface area contributed by atoms with E-state index in [0.29, 0.717) is 0 Å². The van der Waals surface area contributed by atoms with E-state index in [1.54, 1.807) is 0 Å². The molecule has 0 aliphatic rings. The number of aryl methyl sites for hydroxylation is 8. The molecular weight excluding hydrogens is 677 g/mol. The number of benzene rings is 7. The maximum atomic E-state index is 2.35. The van der Waals surface area contributed by atoms with Gasteiger partial charge in [-0.25, -0.2) is 0 Å². The highest BCUT2D eigenvalue weighted by molar-refractivity contribution is 5.83. The smallest absolute Gasteiger partial charge is 0.0464 e. The lowest BCUT2D eigenvalue weighted by Gasteiger charge is -2.27. The predicted octanol–water partition coefficient (Wildman–Crippen LogP) is 15.4. The Hall–Kier alpha value is -6.38. The lowest BCUT2D eigenvalue weighted by atomic mass is 10.0. The van der Waals surface area contributed by atoms with Crippen molar-refractivity contribution in [3.05, 3.63) is 212 Å². The molecule has 0 aromatic heterocycles. The van der Waals surface area contributed by atoms with Crippen LogP contribution in [-0.2, 0) is 0 Å². The average Bonchev–Trinajstić information content (AvgIpc) is 3.20. The van der Waals surface area contributed by atoms with Crippen LogP contribution in [0.1, 0.15) is 66.8 Å². The summed E-state index contributed by atoms with van der Waals surface area (Å²) in [5.74, 6) is 0. The SMILES string of the molecule is Cc1ccc(N(c2ccc(C=Cc3ccccc3C=Cc3ccc(N(c4ccc(C)c(C)c4)c4ccc(C)c(C)c4)cc3)cc2)c2ccc(C)c(C)c2)cc1C. The summed E-state index contributed by atoms with van der Waals surface area (Å²) in [4.78, 5) is 4.70. The van der Waals surface area contributed by atoms with E-state index in [-0.39, 0.29) is 0 Å². The lowest BCUT2D eigenvalue weighted by Crippen LogP contribution is -2.10. The van der Waals surface area contributed by atoms with Gasteiger partial charge in [0.15, 0.2) is 0 Å². The van der Waals surface area contributed by atoms with Crippen molar-refractivity contribution in [2.24, 2.45) is 0 Å². The fourth-order valence-electron chi connectivity index (χ4n) is 7.01. The van der Waals surface area contributed by atoms with Crippen molar-refractivity contribution in [3.8, 4) is 0 Å². The van der Waals surface area contributed by atoms with E-state index in [1.165, 1.54) is 55.6 Å². The highest BCUT2D eigenvalue weighted by atomic mass is 15.1. The van der Waals surface area contributed by atoms with Gasteiger partial charge in [0.2, 0.25) is 0 Å². The highest BCUT2D eigenvalue weighted by Crippen LogP contribution is 2.38. The first-order valence-electron chi connectivity index (χ1n) is 19.6. The van der Waals surface area contributed by atoms with Crippen LogP contribution in [0.5, 0.6) is 0 Å². The van der Waals surface area contributed by atoms with Gasteiger partial charge in [0, 0.05) is 34.1 Å². The number of rotatable bonds is 10. The Morgan fingerprint density at radius 3 is 0.804 bits per heavy atom. The molecule has 56 heavy (non-hydrogen) atoms. The average molecular weight is 729 g/mol. The van der Waals surface area contributed by atoms with E-state index in [2.05, 4.69) is 235 Å². The van der Waals surface area contributed by atoms with Crippen LogP contribution < -0.4 is 9.80 Å². The topological polar surface area (TPSA) is 6.48 Å². The summed E-state index contributed by atoms with van der Waals surface area (Å²) in [5, 5.41) is 0. The summed E-state index contributed by atoms with van der Waals surface area (Å²) in [6, 6.07) is 53.2. The molecule has 2 heteroatoms. The lowest BCUT2D eigenvalue weighted by molar-refractivity contribution is 1.23. The first-order valence-corrected chi connectivity index (χ1v) is 19.6. The molecule has 0 spiro atoms. The first-order chi connectivity index (χ1) is 27.0. The normalized spacial score (nSPS) is 11.4. The molecule has 0 N–H and O–H groups in total. The van der Waals surface area contributed by atoms with E-state index in [1.807, 2.05) is 0 Å². The minimum atomic E-state index is 1.13. The van der Waals surface area contributed by atoms with Crippen molar-refractivity contribution < 1.29 is 0 Å². The summed E-state index contributed by atoms with van der Waals surface area (Å²) in [7, 11) is 0. The molecule has 0 amide bonds. The molecule has 278 valence electrons. The third-order valence-electron chi connectivity index (χ3n) is 11.2. The molecule has 0 saturated carbocycles. The molecule has 0 radical (unpaired) electrons. The fraction of sp³-hybridized carbons (Fsp3) is 0.148. The van der Waals surface area contributed by atoms with Gasteiger partial charge in [0.05, 0.1) is 0 Å². The van der Waals surface area contributed by atoms with Gasteiger partial charge in [-0.05, 0) is 195 Å². The molecule has 0 aliphatic carbocycles. The Kier molecular flexibility index (Phi) is 11.2. The van der Waals surface area contributed by atoms with Gasteiger partial charge in [0.1, 0.15) is 0 Å². The quantitative estimate of drug-likeness (QED) is 0.129. The van der Waals surface area contributed by atoms with E-state index >= 15 is 0 Å². The number of anilines is 6. The van der Waals surface area contributed by atoms with Gasteiger partial charge in [-0.15, -0.1) is 0 Å². The van der Waals surface area contributed by atoms with Gasteiger partial charge >= 0.3 is 0 Å². The standard InChI is InChI=1S/C54H52N2/c1-37-13-25-51(33-41(37)5)55(52-26-14-38(2)42(6)34-52)49-29-19-45(20-30-49)17-23-47-11-9-10-12-48(47)24-18-46-21-31-50(32-22-46)56(53-27-15-39(3)43(7)35-53)54-28-16-40(4)44(8)36-54/h9-36H,1-8H3. The van der Waals surface area contributed by atoms with Crippen LogP contribution in [0.4, 0.5) is 34.1 Å². The second-order valence-corrected chi connectivity index (χ2v) is 15.2. The molecule has 0 heterocycles. The van der Waals surface area contributed by atoms with Gasteiger partial charge in [-0.1, -0.05) is 97.1 Å². The Labute approximate surface area is 334 Å². The third-order valence-corrected chi connectivity index (χ3v) is 11.2. The van der Waals surface area contributed by atoms with Crippen molar-refractivity contribution in [1.82, 2.24) is 0 Å². The zero-order valence-corrected chi connectivity index (χ0v) is 34.1. The predicted molar refractivity (Wildman–Crippen MR) is 244 cm³/mol. The van der Waals surface area contributed by atoms with E-state index in [9.17, 15) is 0 Å². The van der Waals surface area contributed by atoms with E-state index in [4.69, 9.17) is 0 Å². The molecule has 0 saturated heterocycles. The van der Waals surface area contributed by atoms with Crippen LogP contribution in [0, 0.1) is 55.4 Å². The van der Waals surface area contributed by atoms with Crippen LogP contribution in [-0.4, -0.2) is 0 Å². The molecule has 0 bridgehead atoms. The van der Waals surface area contributed by atoms with E-state index < -0.39 is 0 Å². The summed E-state index contributed by atoms with van der Waals surface area (Å²) in [6.45, 7) is 17.4. The number of hydrogen-bond donors (Lipinski definition) is 0. The Morgan fingerprint density at radius 2 is 0.536 bits per heavy atom. The largest absolute Gasteiger partial charge is 0.310 e. The van der Waals surface area contributed by atoms with Crippen LogP contribution in [0.15, 0.2) is 146 Å². The summed E-state index contributed by atoms with van der Waals surface area (Å²) >= 11 is 0. The van der Waals surface area contributed by atoms with Gasteiger partial charge < -0.3 is 9.80 Å². The minimum absolute atomic E-state index is 1.13. The molecule has 0 aliphatic heterocycles. The highest BCUT2D eigenvalue weighted by Gasteiger charge is 2.16. The molecular formula is C54H52N2. The van der Waals surface area contributed by atoms with Crippen molar-refractivity contribution >= 4 is 58.4 Å². The monoisotopic (exact) mass is 728 g/mol. The van der Waals surface area contributed by atoms with Gasteiger partial charge in [0.25, 0.3) is 0 Å². The summed E-state index contributed by atoms with van der Waals surface area (Å²) < 4.78 is 0. The van der Waals surface area contributed by atoms with Crippen molar-refractivity contribution in [3.63, 3.8) is 0 Å². The van der Waals surface area contributed by atoms with Crippen LogP contribution in [0.25, 0.3) is 24.3 Å². The number of nitrogens with zero attached hydrogens (tertiary/aromatic N) is 2. The second kappa shape index (κ2) is 16.6. The summed E-state index contributed by atoms with van der Waals surface area (Å²) in [5.41, 5.74) is 21.9. The molecule has 7 aromatic rings. The third kappa shape index (κ3) is 8.46. The molecule has 0 unspecified atom stereocenters. The zero-order valence-electron chi connectivity index (χ0n) is 34.1. The summed E-state index contributed by atoms with van der Waals surface area (Å²) in [6.07, 6.45) is 8.84. The Balaban J connectivity index is 1.12. The molecule has 7 rings (SSSR count).